The van der Waals surface area contributed by atoms with Gasteiger partial charge in [-0.15, -0.1) is 0 Å². The minimum Gasteiger partial charge on any atom is -0.350 e. The van der Waals surface area contributed by atoms with Crippen LogP contribution in [0.3, 0.4) is 0 Å². The summed E-state index contributed by atoms with van der Waals surface area (Å²) in [7, 11) is 0. The fraction of sp³-hybridized carbons (Fsp3) is 0.857. The van der Waals surface area contributed by atoms with Gasteiger partial charge in [-0.1, -0.05) is 0 Å². The fourth-order valence-electron chi connectivity index (χ4n) is 1.23. The van der Waals surface area contributed by atoms with Crippen LogP contribution in [0.15, 0.2) is 0 Å². The Bertz CT molecular complexity index is 99.5. The predicted molar refractivity (Wildman–Crippen MR) is 32.8 cm³/mol. The molecule has 0 aromatic carbocycles. The lowest BCUT2D eigenvalue weighted by atomic mass is 9.90. The van der Waals surface area contributed by atoms with Crippen LogP contribution in [0.5, 0.6) is 0 Å². The first-order chi connectivity index (χ1) is 4.41. The fourth-order valence-corrected chi connectivity index (χ4v) is 1.23. The summed E-state index contributed by atoms with van der Waals surface area (Å²) in [5.41, 5.74) is 0. The molecule has 51 valence electrons. The van der Waals surface area contributed by atoms with Gasteiger partial charge in [0.1, 0.15) is 0 Å². The van der Waals surface area contributed by atoms with Crippen molar-refractivity contribution in [1.29, 1.82) is 0 Å². The Balaban J connectivity index is 1.93. The smallest absolute Gasteiger partial charge is 0.171 e. The highest BCUT2D eigenvalue weighted by atomic mass is 16.7. The average Bonchev–Trinajstić information content (AvgIpc) is 1.87. The normalized spacial score (nSPS) is 32.0. The van der Waals surface area contributed by atoms with Crippen molar-refractivity contribution in [3.8, 4) is 0 Å². The van der Waals surface area contributed by atoms with E-state index in [0.717, 1.165) is 32.5 Å². The number of hydrogen-bond acceptors (Lipinski definition) is 2. The second-order valence-corrected chi connectivity index (χ2v) is 2.61. The average molecular weight is 127 g/mol. The molecule has 1 aliphatic carbocycles. The van der Waals surface area contributed by atoms with Gasteiger partial charge in [-0.2, -0.15) is 0 Å². The first kappa shape index (κ1) is 5.69. The molecule has 2 nitrogen and oxygen atoms in total. The minimum atomic E-state index is -0.224. The monoisotopic (exact) mass is 127 g/mol. The van der Waals surface area contributed by atoms with Gasteiger partial charge >= 0.3 is 0 Å². The summed E-state index contributed by atoms with van der Waals surface area (Å²) >= 11 is 0. The molecule has 1 aliphatic heterocycles. The molecule has 1 radical (unpaired) electrons. The van der Waals surface area contributed by atoms with Crippen LogP contribution in [0.4, 0.5) is 0 Å². The lowest BCUT2D eigenvalue weighted by molar-refractivity contribution is -0.271. The van der Waals surface area contributed by atoms with Crippen molar-refractivity contribution in [2.45, 2.75) is 25.0 Å². The maximum absolute atomic E-state index is 5.42. The van der Waals surface area contributed by atoms with Crippen molar-refractivity contribution in [3.05, 3.63) is 6.42 Å². The number of ether oxygens (including phenoxy) is 2. The van der Waals surface area contributed by atoms with Crippen LogP contribution in [-0.4, -0.2) is 19.0 Å². The van der Waals surface area contributed by atoms with E-state index in [1.165, 1.54) is 0 Å². The summed E-state index contributed by atoms with van der Waals surface area (Å²) in [6.45, 7) is 1.74. The second-order valence-electron chi connectivity index (χ2n) is 2.61. The highest BCUT2D eigenvalue weighted by Crippen LogP contribution is 2.37. The van der Waals surface area contributed by atoms with E-state index in [0.29, 0.717) is 0 Å². The molecule has 0 N–H and O–H groups in total. The van der Waals surface area contributed by atoms with Gasteiger partial charge in [0.25, 0.3) is 0 Å². The third-order valence-electron chi connectivity index (χ3n) is 1.93. The maximum atomic E-state index is 5.42. The van der Waals surface area contributed by atoms with Crippen molar-refractivity contribution in [2.75, 3.05) is 13.2 Å². The number of rotatable bonds is 0. The maximum Gasteiger partial charge on any atom is 0.171 e. The molecule has 0 unspecified atom stereocenters. The zero-order valence-electron chi connectivity index (χ0n) is 5.43. The SMILES string of the molecule is [CH]1CCC12OCCCO2. The standard InChI is InChI=1S/C7H11O2/c1-3-7(4-1)8-5-2-6-9-7/h3H,1-2,4-6H2. The Hall–Kier alpha value is -0.0800. The molecule has 0 atom stereocenters. The van der Waals surface area contributed by atoms with E-state index in [9.17, 15) is 0 Å². The Morgan fingerprint density at radius 1 is 1.22 bits per heavy atom. The van der Waals surface area contributed by atoms with Gasteiger partial charge in [-0.3, -0.25) is 0 Å². The van der Waals surface area contributed by atoms with E-state index in [-0.39, 0.29) is 5.79 Å². The summed E-state index contributed by atoms with van der Waals surface area (Å²) < 4.78 is 10.8. The Labute approximate surface area is 55.1 Å². The lowest BCUT2D eigenvalue weighted by Crippen LogP contribution is -2.46. The predicted octanol–water partition coefficient (Wildman–Crippen LogP) is 1.12. The van der Waals surface area contributed by atoms with Gasteiger partial charge in [-0.05, 0) is 12.8 Å². The van der Waals surface area contributed by atoms with E-state index in [1.807, 2.05) is 0 Å². The van der Waals surface area contributed by atoms with Gasteiger partial charge < -0.3 is 9.47 Å². The molecule has 1 saturated carbocycles. The summed E-state index contributed by atoms with van der Waals surface area (Å²) in [6.07, 6.45) is 5.38. The van der Waals surface area contributed by atoms with Crippen molar-refractivity contribution in [3.63, 3.8) is 0 Å². The van der Waals surface area contributed by atoms with Crippen molar-refractivity contribution >= 4 is 0 Å². The van der Waals surface area contributed by atoms with Crippen LogP contribution in [0, 0.1) is 6.42 Å². The van der Waals surface area contributed by atoms with Crippen molar-refractivity contribution < 1.29 is 9.47 Å². The molecule has 0 amide bonds. The molecule has 2 fully saturated rings. The molecule has 1 spiro atoms. The van der Waals surface area contributed by atoms with E-state index in [2.05, 4.69) is 6.42 Å². The molecular weight excluding hydrogens is 116 g/mol. The van der Waals surface area contributed by atoms with E-state index >= 15 is 0 Å². The van der Waals surface area contributed by atoms with Crippen LogP contribution in [0.1, 0.15) is 19.3 Å². The molecule has 9 heavy (non-hydrogen) atoms. The summed E-state index contributed by atoms with van der Waals surface area (Å²) in [5.74, 6) is -0.224. The van der Waals surface area contributed by atoms with Crippen LogP contribution in [-0.2, 0) is 9.47 Å². The Morgan fingerprint density at radius 2 is 1.89 bits per heavy atom. The van der Waals surface area contributed by atoms with E-state index in [4.69, 9.17) is 9.47 Å². The second kappa shape index (κ2) is 1.96. The number of hydrogen-bond donors (Lipinski definition) is 0. The van der Waals surface area contributed by atoms with Gasteiger partial charge in [0.2, 0.25) is 0 Å². The molecule has 1 heterocycles. The molecular formula is C7H11O2. The molecule has 2 aliphatic rings. The van der Waals surface area contributed by atoms with Crippen LogP contribution in [0.2, 0.25) is 0 Å². The summed E-state index contributed by atoms with van der Waals surface area (Å²) in [6, 6.07) is 0. The highest BCUT2D eigenvalue weighted by Gasteiger charge is 2.41. The zero-order chi connectivity index (χ0) is 6.16. The zero-order valence-corrected chi connectivity index (χ0v) is 5.43. The van der Waals surface area contributed by atoms with Crippen molar-refractivity contribution in [1.82, 2.24) is 0 Å². The van der Waals surface area contributed by atoms with Gasteiger partial charge in [0.05, 0.1) is 13.2 Å². The van der Waals surface area contributed by atoms with Crippen molar-refractivity contribution in [2.24, 2.45) is 0 Å². The molecule has 2 heteroatoms. The molecule has 2 rings (SSSR count). The minimum absolute atomic E-state index is 0.224. The van der Waals surface area contributed by atoms with Crippen LogP contribution >= 0.6 is 0 Å². The molecule has 1 saturated heterocycles. The molecule has 0 aromatic rings. The van der Waals surface area contributed by atoms with E-state index < -0.39 is 0 Å². The van der Waals surface area contributed by atoms with Gasteiger partial charge in [0, 0.05) is 12.8 Å². The topological polar surface area (TPSA) is 18.5 Å². The first-order valence-corrected chi connectivity index (χ1v) is 3.54. The molecule has 0 bridgehead atoms. The van der Waals surface area contributed by atoms with Crippen LogP contribution < -0.4 is 0 Å². The Morgan fingerprint density at radius 3 is 2.22 bits per heavy atom. The van der Waals surface area contributed by atoms with Gasteiger partial charge in [0.15, 0.2) is 5.79 Å². The van der Waals surface area contributed by atoms with E-state index in [1.54, 1.807) is 0 Å². The first-order valence-electron chi connectivity index (χ1n) is 3.54. The van der Waals surface area contributed by atoms with Crippen LogP contribution in [0.25, 0.3) is 0 Å². The molecule has 0 aromatic heterocycles. The largest absolute Gasteiger partial charge is 0.350 e. The highest BCUT2D eigenvalue weighted by molar-refractivity contribution is 4.98. The third kappa shape index (κ3) is 0.864. The lowest BCUT2D eigenvalue weighted by Gasteiger charge is -2.43. The summed E-state index contributed by atoms with van der Waals surface area (Å²) in [5, 5.41) is 0. The third-order valence-corrected chi connectivity index (χ3v) is 1.93. The Kier molecular flexibility index (Phi) is 1.24. The van der Waals surface area contributed by atoms with Gasteiger partial charge in [-0.25, -0.2) is 0 Å². The quantitative estimate of drug-likeness (QED) is 0.485. The summed E-state index contributed by atoms with van der Waals surface area (Å²) in [4.78, 5) is 0.